The molecule has 7 heteroatoms. The van der Waals surface area contributed by atoms with Crippen molar-refractivity contribution >= 4 is 12.1 Å². The minimum atomic E-state index is -0.450. The maximum Gasteiger partial charge on any atom is 0.410 e. The topological polar surface area (TPSA) is 75.2 Å². The number of guanidine groups is 1. The zero-order valence-corrected chi connectivity index (χ0v) is 14.0. The summed E-state index contributed by atoms with van der Waals surface area (Å²) in [6, 6.07) is 0.211. The van der Waals surface area contributed by atoms with E-state index in [1.54, 1.807) is 11.9 Å². The lowest BCUT2D eigenvalue weighted by atomic mass is 10.1. The molecule has 1 amide bonds. The fourth-order valence-electron chi connectivity index (χ4n) is 2.45. The van der Waals surface area contributed by atoms with Gasteiger partial charge in [0, 0.05) is 33.3 Å². The van der Waals surface area contributed by atoms with Crippen LogP contribution in [0.25, 0.3) is 0 Å². The van der Waals surface area contributed by atoms with Crippen LogP contribution in [0.3, 0.4) is 0 Å². The van der Waals surface area contributed by atoms with E-state index in [1.165, 1.54) is 0 Å². The lowest BCUT2D eigenvalue weighted by molar-refractivity contribution is 0.00700. The van der Waals surface area contributed by atoms with E-state index in [1.807, 2.05) is 20.8 Å². The Morgan fingerprint density at radius 3 is 2.68 bits per heavy atom. The normalized spacial score (nSPS) is 23.2. The minimum absolute atomic E-state index is 0.211. The summed E-state index contributed by atoms with van der Waals surface area (Å²) >= 11 is 0. The molecular formula is C15H28N4O3. The number of rotatable bonds is 3. The van der Waals surface area contributed by atoms with Crippen LogP contribution in [0.4, 0.5) is 4.79 Å². The van der Waals surface area contributed by atoms with Gasteiger partial charge in [-0.1, -0.05) is 0 Å². The van der Waals surface area contributed by atoms with Crippen molar-refractivity contribution in [3.8, 4) is 0 Å². The summed E-state index contributed by atoms with van der Waals surface area (Å²) in [6.07, 6.45) is 2.25. The molecule has 2 fully saturated rings. The highest BCUT2D eigenvalue weighted by atomic mass is 16.6. The van der Waals surface area contributed by atoms with Crippen molar-refractivity contribution in [2.24, 2.45) is 4.99 Å². The van der Waals surface area contributed by atoms with Gasteiger partial charge in [-0.05, 0) is 33.6 Å². The largest absolute Gasteiger partial charge is 0.444 e. The van der Waals surface area contributed by atoms with Crippen LogP contribution < -0.4 is 10.6 Å². The number of carbonyl (C=O) groups is 1. The number of ether oxygens (including phenoxy) is 2. The summed E-state index contributed by atoms with van der Waals surface area (Å²) < 4.78 is 10.9. The lowest BCUT2D eigenvalue weighted by Crippen LogP contribution is -2.63. The number of likely N-dealkylation sites (tertiary alicyclic amines) is 1. The average molecular weight is 312 g/mol. The first-order valence-corrected chi connectivity index (χ1v) is 7.94. The maximum absolute atomic E-state index is 11.9. The zero-order chi connectivity index (χ0) is 16.2. The highest BCUT2D eigenvalue weighted by molar-refractivity contribution is 5.80. The number of amides is 1. The van der Waals surface area contributed by atoms with Crippen molar-refractivity contribution in [1.82, 2.24) is 15.5 Å². The first kappa shape index (κ1) is 16.9. The highest BCUT2D eigenvalue weighted by Gasteiger charge is 2.34. The molecule has 2 heterocycles. The zero-order valence-electron chi connectivity index (χ0n) is 14.0. The molecule has 2 aliphatic rings. The van der Waals surface area contributed by atoms with Crippen LogP contribution in [-0.2, 0) is 9.47 Å². The van der Waals surface area contributed by atoms with Crippen molar-refractivity contribution < 1.29 is 14.3 Å². The van der Waals surface area contributed by atoms with Crippen LogP contribution in [0.15, 0.2) is 4.99 Å². The first-order valence-electron chi connectivity index (χ1n) is 7.94. The molecule has 0 radical (unpaired) electrons. The molecule has 0 aromatic carbocycles. The Labute approximate surface area is 132 Å². The Hall–Kier alpha value is -1.50. The predicted octanol–water partition coefficient (Wildman–Crippen LogP) is 0.950. The summed E-state index contributed by atoms with van der Waals surface area (Å²) in [7, 11) is 1.75. The van der Waals surface area contributed by atoms with Gasteiger partial charge in [-0.3, -0.25) is 4.99 Å². The van der Waals surface area contributed by atoms with E-state index < -0.39 is 5.60 Å². The summed E-state index contributed by atoms with van der Waals surface area (Å²) in [5.41, 5.74) is -0.450. The summed E-state index contributed by atoms with van der Waals surface area (Å²) in [4.78, 5) is 17.8. The fraction of sp³-hybridized carbons (Fsp3) is 0.867. The van der Waals surface area contributed by atoms with E-state index in [4.69, 9.17) is 9.47 Å². The smallest absolute Gasteiger partial charge is 0.410 e. The number of hydrogen-bond acceptors (Lipinski definition) is 4. The van der Waals surface area contributed by atoms with Crippen molar-refractivity contribution in [2.45, 2.75) is 51.4 Å². The Kier molecular flexibility index (Phi) is 5.50. The van der Waals surface area contributed by atoms with E-state index in [0.717, 1.165) is 32.0 Å². The summed E-state index contributed by atoms with van der Waals surface area (Å²) in [6.45, 7) is 8.50. The van der Waals surface area contributed by atoms with Gasteiger partial charge in [0.25, 0.3) is 0 Å². The molecule has 0 saturated carbocycles. The molecule has 0 aliphatic carbocycles. The molecule has 0 aromatic rings. The Morgan fingerprint density at radius 2 is 2.14 bits per heavy atom. The Balaban J connectivity index is 1.66. The Bertz CT molecular complexity index is 408. The van der Waals surface area contributed by atoms with Crippen molar-refractivity contribution in [3.05, 3.63) is 0 Å². The molecule has 22 heavy (non-hydrogen) atoms. The van der Waals surface area contributed by atoms with E-state index in [-0.39, 0.29) is 18.2 Å². The van der Waals surface area contributed by atoms with Gasteiger partial charge in [-0.15, -0.1) is 0 Å². The van der Waals surface area contributed by atoms with Crippen LogP contribution in [0.1, 0.15) is 33.6 Å². The average Bonchev–Trinajstić information content (AvgIpc) is 2.87. The highest BCUT2D eigenvalue weighted by Crippen LogP contribution is 2.15. The molecule has 0 bridgehead atoms. The van der Waals surface area contributed by atoms with Gasteiger partial charge in [0.2, 0.25) is 0 Å². The van der Waals surface area contributed by atoms with Crippen molar-refractivity contribution in [1.29, 1.82) is 0 Å². The van der Waals surface area contributed by atoms with Gasteiger partial charge in [0.05, 0.1) is 12.1 Å². The third-order valence-electron chi connectivity index (χ3n) is 3.62. The Morgan fingerprint density at radius 1 is 1.41 bits per heavy atom. The molecule has 2 aliphatic heterocycles. The minimum Gasteiger partial charge on any atom is -0.444 e. The van der Waals surface area contributed by atoms with E-state index in [9.17, 15) is 4.79 Å². The molecule has 1 unspecified atom stereocenters. The molecule has 126 valence electrons. The van der Waals surface area contributed by atoms with Crippen LogP contribution >= 0.6 is 0 Å². The summed E-state index contributed by atoms with van der Waals surface area (Å²) in [5.74, 6) is 0.754. The third-order valence-corrected chi connectivity index (χ3v) is 3.62. The third kappa shape index (κ3) is 5.05. The second kappa shape index (κ2) is 7.17. The number of hydrogen-bond donors (Lipinski definition) is 2. The molecule has 7 nitrogen and oxygen atoms in total. The molecule has 2 saturated heterocycles. The number of carbonyl (C=O) groups excluding carboxylic acids is 1. The van der Waals surface area contributed by atoms with Gasteiger partial charge >= 0.3 is 6.09 Å². The number of aliphatic imine (C=N–C) groups is 1. The standard InChI is InChI=1S/C15H28N4O3/c1-15(2,3)22-14(20)19-9-11(10-19)18-13(16-4)17-8-12-6-5-7-21-12/h11-12H,5-10H2,1-4H3,(H2,16,17,18). The van der Waals surface area contributed by atoms with Gasteiger partial charge < -0.3 is 25.0 Å². The van der Waals surface area contributed by atoms with E-state index in [0.29, 0.717) is 13.1 Å². The lowest BCUT2D eigenvalue weighted by Gasteiger charge is -2.40. The van der Waals surface area contributed by atoms with Gasteiger partial charge in [0.15, 0.2) is 5.96 Å². The predicted molar refractivity (Wildman–Crippen MR) is 85.1 cm³/mol. The quantitative estimate of drug-likeness (QED) is 0.599. The first-order chi connectivity index (χ1) is 10.4. The van der Waals surface area contributed by atoms with Gasteiger partial charge in [-0.2, -0.15) is 0 Å². The number of nitrogens with zero attached hydrogens (tertiary/aromatic N) is 2. The molecule has 0 spiro atoms. The molecular weight excluding hydrogens is 284 g/mol. The molecule has 2 N–H and O–H groups in total. The van der Waals surface area contributed by atoms with Crippen LogP contribution in [0.2, 0.25) is 0 Å². The van der Waals surface area contributed by atoms with Gasteiger partial charge in [-0.25, -0.2) is 4.79 Å². The molecule has 1 atom stereocenters. The van der Waals surface area contributed by atoms with E-state index in [2.05, 4.69) is 15.6 Å². The van der Waals surface area contributed by atoms with Crippen molar-refractivity contribution in [2.75, 3.05) is 33.3 Å². The second-order valence-corrected chi connectivity index (χ2v) is 6.81. The second-order valence-electron chi connectivity index (χ2n) is 6.81. The maximum atomic E-state index is 11.9. The SMILES string of the molecule is CN=C(NCC1CCCO1)NC1CN(C(=O)OC(C)(C)C)C1. The van der Waals surface area contributed by atoms with Crippen LogP contribution in [-0.4, -0.2) is 68.0 Å². The number of nitrogens with one attached hydrogen (secondary N) is 2. The van der Waals surface area contributed by atoms with Crippen LogP contribution in [0, 0.1) is 0 Å². The van der Waals surface area contributed by atoms with Gasteiger partial charge in [0.1, 0.15) is 5.60 Å². The summed E-state index contributed by atoms with van der Waals surface area (Å²) in [5, 5.41) is 6.58. The van der Waals surface area contributed by atoms with E-state index >= 15 is 0 Å². The van der Waals surface area contributed by atoms with Crippen LogP contribution in [0.5, 0.6) is 0 Å². The fourth-order valence-corrected chi connectivity index (χ4v) is 2.45. The monoisotopic (exact) mass is 312 g/mol. The molecule has 2 rings (SSSR count). The molecule has 0 aromatic heterocycles. The van der Waals surface area contributed by atoms with Crippen molar-refractivity contribution in [3.63, 3.8) is 0 Å².